The van der Waals surface area contributed by atoms with Crippen molar-refractivity contribution in [3.8, 4) is 6.07 Å². The predicted molar refractivity (Wildman–Crippen MR) is 223 cm³/mol. The van der Waals surface area contributed by atoms with Gasteiger partial charge in [-0.25, -0.2) is 0 Å². The molecule has 2 aliphatic rings. The number of fused-ring (bicyclic) bond motifs is 12. The van der Waals surface area contributed by atoms with Gasteiger partial charge in [0.2, 0.25) is 11.4 Å². The van der Waals surface area contributed by atoms with Gasteiger partial charge < -0.3 is 14.7 Å². The zero-order valence-corrected chi connectivity index (χ0v) is 31.2. The first-order valence-corrected chi connectivity index (χ1v) is 19.1. The molecule has 2 aliphatic heterocycles. The Hall–Kier alpha value is -6.43. The Labute approximate surface area is 323 Å². The fraction of sp³-hybridized carbons (Fsp3) is 0.149. The first-order chi connectivity index (χ1) is 26.9. The molecular formula is C47H38N3O4S+. The number of rotatable bonds is 12. The van der Waals surface area contributed by atoms with Crippen LogP contribution >= 0.6 is 11.8 Å². The maximum Gasteiger partial charge on any atom is 0.309 e. The van der Waals surface area contributed by atoms with Crippen molar-refractivity contribution in [2.24, 2.45) is 0 Å². The standard InChI is InChI=1S/C47H37N3O4S/c1-3-25-47(2)42-36-19-9-5-15-32(36)33-16-6-10-20-37(33)43(42)50(26-24-41(52)53)46(47)31(29-48)14-4-13-23-40-49(27-28-54-30-51)44-38-21-11-7-17-34(38)35-18-8-12-22-39(35)45(44)55-40/h3-23,30H,1,24-28H2,2H3/p+1. The van der Waals surface area contributed by atoms with E-state index < -0.39 is 11.4 Å². The van der Waals surface area contributed by atoms with Crippen LogP contribution in [0, 0.1) is 11.3 Å². The van der Waals surface area contributed by atoms with Gasteiger partial charge in [-0.05, 0) is 63.9 Å². The van der Waals surface area contributed by atoms with Crippen LogP contribution in [0.2, 0.25) is 0 Å². The minimum atomic E-state index is -0.906. The quantitative estimate of drug-likeness (QED) is 0.0254. The van der Waals surface area contributed by atoms with E-state index in [1.54, 1.807) is 11.8 Å². The number of anilines is 1. The number of aliphatic carboxylic acids is 1. The Balaban J connectivity index is 1.26. The average Bonchev–Trinajstić information content (AvgIpc) is 3.70. The van der Waals surface area contributed by atoms with Crippen LogP contribution in [0.1, 0.15) is 25.3 Å². The molecule has 8 rings (SSSR count). The van der Waals surface area contributed by atoms with Crippen molar-refractivity contribution in [1.82, 2.24) is 0 Å². The van der Waals surface area contributed by atoms with Crippen LogP contribution in [0.4, 0.5) is 11.4 Å². The molecule has 0 aliphatic carbocycles. The molecule has 1 unspecified atom stereocenters. The number of benzene rings is 6. The molecule has 6 aromatic rings. The van der Waals surface area contributed by atoms with Gasteiger partial charge in [-0.1, -0.05) is 121 Å². The molecule has 8 heteroatoms. The largest absolute Gasteiger partial charge is 0.481 e. The van der Waals surface area contributed by atoms with E-state index in [0.717, 1.165) is 70.3 Å². The number of hydrogen-bond acceptors (Lipinski definition) is 6. The Morgan fingerprint density at radius 1 is 0.891 bits per heavy atom. The molecule has 0 amide bonds. The molecule has 0 bridgehead atoms. The zero-order valence-electron chi connectivity index (χ0n) is 30.4. The van der Waals surface area contributed by atoms with Gasteiger partial charge in [-0.15, -0.1) is 6.58 Å². The summed E-state index contributed by atoms with van der Waals surface area (Å²) >= 11 is 1.67. The van der Waals surface area contributed by atoms with Crippen LogP contribution in [-0.4, -0.2) is 47.5 Å². The molecule has 0 spiro atoms. The average molecular weight is 741 g/mol. The lowest BCUT2D eigenvalue weighted by Gasteiger charge is -2.23. The van der Waals surface area contributed by atoms with Gasteiger partial charge in [-0.2, -0.15) is 9.84 Å². The SMILES string of the molecule is C=CCC1(C)C(/C(C#N)=C/C=C/C=C2/Sc3c(c4ccccc4c4ccccc34)N2CCOC=O)=[N+](CCC(=O)O)c2c1c1ccccc1c1ccccc21. The summed E-state index contributed by atoms with van der Waals surface area (Å²) in [6.07, 6.45) is 10.00. The number of carboxylic acids is 1. The highest BCUT2D eigenvalue weighted by Gasteiger charge is 2.52. The van der Waals surface area contributed by atoms with Crippen molar-refractivity contribution in [1.29, 1.82) is 5.26 Å². The summed E-state index contributed by atoms with van der Waals surface area (Å²) in [4.78, 5) is 26.6. The second kappa shape index (κ2) is 14.8. The summed E-state index contributed by atoms with van der Waals surface area (Å²) in [5.74, 6) is -0.906. The number of carboxylic acid groups (broad SMARTS) is 1. The van der Waals surface area contributed by atoms with Crippen molar-refractivity contribution >= 4 is 84.4 Å². The number of nitrogens with zero attached hydrogens (tertiary/aromatic N) is 3. The van der Waals surface area contributed by atoms with E-state index >= 15 is 0 Å². The fourth-order valence-corrected chi connectivity index (χ4v) is 9.83. The Morgan fingerprint density at radius 3 is 2.11 bits per heavy atom. The number of thioether (sulfide) groups is 1. The summed E-state index contributed by atoms with van der Waals surface area (Å²) < 4.78 is 7.24. The minimum Gasteiger partial charge on any atom is -0.481 e. The fourth-order valence-electron chi connectivity index (χ4n) is 8.58. The van der Waals surface area contributed by atoms with Gasteiger partial charge in [0.05, 0.1) is 28.1 Å². The molecular weight excluding hydrogens is 703 g/mol. The molecule has 0 radical (unpaired) electrons. The summed E-state index contributed by atoms with van der Waals surface area (Å²) in [5.41, 5.74) is 3.63. The summed E-state index contributed by atoms with van der Waals surface area (Å²) in [6.45, 7) is 7.64. The number of carbonyl (C=O) groups excluding carboxylic acids is 1. The van der Waals surface area contributed by atoms with Gasteiger partial charge >= 0.3 is 5.97 Å². The maximum atomic E-state index is 12.1. The van der Waals surface area contributed by atoms with Crippen LogP contribution in [0.15, 0.2) is 150 Å². The van der Waals surface area contributed by atoms with Gasteiger partial charge in [-0.3, -0.25) is 9.59 Å². The smallest absolute Gasteiger partial charge is 0.309 e. The van der Waals surface area contributed by atoms with Crippen LogP contribution in [0.25, 0.3) is 43.1 Å². The van der Waals surface area contributed by atoms with Crippen LogP contribution in [-0.2, 0) is 19.7 Å². The molecule has 1 atom stereocenters. The zero-order chi connectivity index (χ0) is 38.1. The van der Waals surface area contributed by atoms with Gasteiger partial charge in [0.15, 0.2) is 6.54 Å². The molecule has 0 aromatic heterocycles. The molecule has 55 heavy (non-hydrogen) atoms. The molecule has 0 fully saturated rings. The van der Waals surface area contributed by atoms with Crippen molar-refractivity contribution in [3.63, 3.8) is 0 Å². The van der Waals surface area contributed by atoms with E-state index in [2.05, 4.69) is 95.8 Å². The lowest BCUT2D eigenvalue weighted by Crippen LogP contribution is -2.34. The summed E-state index contributed by atoms with van der Waals surface area (Å²) in [7, 11) is 0. The Morgan fingerprint density at radius 2 is 1.47 bits per heavy atom. The summed E-state index contributed by atoms with van der Waals surface area (Å²) in [5, 5.41) is 30.6. The van der Waals surface area contributed by atoms with E-state index in [1.165, 1.54) is 5.39 Å². The first-order valence-electron chi connectivity index (χ1n) is 18.3. The van der Waals surface area contributed by atoms with Crippen molar-refractivity contribution in [2.75, 3.05) is 24.6 Å². The Kier molecular flexibility index (Phi) is 9.56. The first kappa shape index (κ1) is 35.6. The number of nitriles is 1. The minimum absolute atomic E-state index is 0.0975. The van der Waals surface area contributed by atoms with Crippen LogP contribution < -0.4 is 4.90 Å². The monoisotopic (exact) mass is 740 g/mol. The highest BCUT2D eigenvalue weighted by atomic mass is 32.2. The molecule has 270 valence electrons. The van der Waals surface area contributed by atoms with Gasteiger partial charge in [0, 0.05) is 15.8 Å². The molecule has 1 N–H and O–H groups in total. The third kappa shape index (κ3) is 5.98. The topological polar surface area (TPSA) is 93.6 Å². The third-order valence-corrected chi connectivity index (χ3v) is 11.9. The normalized spacial score (nSPS) is 17.4. The van der Waals surface area contributed by atoms with E-state index in [-0.39, 0.29) is 19.6 Å². The molecule has 0 saturated heterocycles. The number of allylic oxidation sites excluding steroid dienone is 6. The van der Waals surface area contributed by atoms with Crippen molar-refractivity contribution in [2.45, 2.75) is 30.1 Å². The van der Waals surface area contributed by atoms with E-state index in [9.17, 15) is 20.0 Å². The third-order valence-electron chi connectivity index (χ3n) is 10.7. The number of ether oxygens (including phenoxy) is 1. The highest BCUT2D eigenvalue weighted by molar-refractivity contribution is 8.04. The van der Waals surface area contributed by atoms with Crippen LogP contribution in [0.3, 0.4) is 0 Å². The van der Waals surface area contributed by atoms with E-state index in [4.69, 9.17) is 4.74 Å². The van der Waals surface area contributed by atoms with Crippen molar-refractivity contribution in [3.05, 3.63) is 150 Å². The molecule has 2 heterocycles. The van der Waals surface area contributed by atoms with Gasteiger partial charge in [0.25, 0.3) is 6.47 Å². The van der Waals surface area contributed by atoms with E-state index in [1.807, 2.05) is 60.7 Å². The predicted octanol–water partition coefficient (Wildman–Crippen LogP) is 10.3. The molecule has 6 aromatic carbocycles. The second-order valence-electron chi connectivity index (χ2n) is 13.9. The number of hydrogen-bond donors (Lipinski definition) is 1. The van der Waals surface area contributed by atoms with Gasteiger partial charge in [0.1, 0.15) is 24.7 Å². The maximum absolute atomic E-state index is 12.1. The lowest BCUT2D eigenvalue weighted by atomic mass is 9.72. The van der Waals surface area contributed by atoms with Crippen molar-refractivity contribution < 1.29 is 24.0 Å². The highest BCUT2D eigenvalue weighted by Crippen LogP contribution is 2.54. The number of carbonyl (C=O) groups is 2. The summed E-state index contributed by atoms with van der Waals surface area (Å²) in [6, 6.07) is 35.8. The second-order valence-corrected chi connectivity index (χ2v) is 14.9. The molecule has 7 nitrogen and oxygen atoms in total. The van der Waals surface area contributed by atoms with E-state index in [0.29, 0.717) is 25.0 Å². The lowest BCUT2D eigenvalue weighted by molar-refractivity contribution is -0.435. The van der Waals surface area contributed by atoms with Crippen LogP contribution in [0.5, 0.6) is 0 Å². The molecule has 0 saturated carbocycles. The Bertz CT molecular complexity index is 2760.